The van der Waals surface area contributed by atoms with Crippen molar-refractivity contribution in [1.29, 1.82) is 0 Å². The minimum atomic E-state index is -4.52. The fraction of sp³-hybridized carbons (Fsp3) is 0.469. The lowest BCUT2D eigenvalue weighted by Gasteiger charge is -2.36. The molecule has 2 bridgehead atoms. The highest BCUT2D eigenvalue weighted by Gasteiger charge is 2.52. The Bertz CT molecular complexity index is 1560. The van der Waals surface area contributed by atoms with Crippen LogP contribution in [0.1, 0.15) is 56.9 Å². The van der Waals surface area contributed by atoms with Gasteiger partial charge in [-0.2, -0.15) is 13.5 Å². The predicted octanol–water partition coefficient (Wildman–Crippen LogP) is 6.59. The van der Waals surface area contributed by atoms with Gasteiger partial charge in [0, 0.05) is 22.5 Å². The zero-order valence-corrected chi connectivity index (χ0v) is 24.7. The Labute approximate surface area is 250 Å². The Hall–Kier alpha value is -2.59. The van der Waals surface area contributed by atoms with Crippen LogP contribution in [-0.4, -0.2) is 32.4 Å². The molecule has 6 rings (SSSR count). The minimum absolute atomic E-state index is 0.0531. The number of fused-ring (bicyclic) bond motifs is 3. The third-order valence-corrected chi connectivity index (χ3v) is 11.1. The molecule has 0 heterocycles. The summed E-state index contributed by atoms with van der Waals surface area (Å²) in [5, 5.41) is 1.63. The third-order valence-electron chi connectivity index (χ3n) is 9.42. The molecule has 0 spiro atoms. The zero-order chi connectivity index (χ0) is 29.6. The molecule has 3 aliphatic rings. The van der Waals surface area contributed by atoms with Gasteiger partial charge in [0.25, 0.3) is 5.92 Å². The predicted molar refractivity (Wildman–Crippen MR) is 158 cm³/mol. The SMILES string of the molecule is NC1C2CCC1CC(C(=O)[C@H](NS(=O)(=O)c1ccc3cc(OC4CCCC4)ccc3c1)C(F)(F)c1ccc(Cl)cc1)C2. The standard InChI is InChI=1S/C32H35ClF2N2O4S/c33-25-11-9-24(10-12-25)32(34,35)31(30(38)23-15-21-5-6-22(16-23)29(21)36)37-42(39,40)28-14-8-19-17-27(13-7-20(19)18-28)41-26-3-1-2-4-26/h7-14,17-18,21-23,26,29,31,37H,1-6,15-16,36H2/t21?,22?,23?,29?,31-/m0/s1. The lowest BCUT2D eigenvalue weighted by molar-refractivity contribution is -0.137. The quantitative estimate of drug-likeness (QED) is 0.283. The van der Waals surface area contributed by atoms with Crippen LogP contribution < -0.4 is 15.2 Å². The van der Waals surface area contributed by atoms with E-state index in [2.05, 4.69) is 4.72 Å². The van der Waals surface area contributed by atoms with Crippen molar-refractivity contribution in [2.24, 2.45) is 23.5 Å². The molecule has 0 aromatic heterocycles. The first-order chi connectivity index (χ1) is 20.0. The van der Waals surface area contributed by atoms with Gasteiger partial charge in [-0.1, -0.05) is 35.9 Å². The van der Waals surface area contributed by atoms with Crippen LogP contribution in [0.4, 0.5) is 8.78 Å². The van der Waals surface area contributed by atoms with Crippen molar-refractivity contribution in [1.82, 2.24) is 4.72 Å². The van der Waals surface area contributed by atoms with Gasteiger partial charge in [-0.05, 0) is 110 Å². The number of halogens is 3. The van der Waals surface area contributed by atoms with Crippen LogP contribution in [0.2, 0.25) is 5.02 Å². The average molecular weight is 617 g/mol. The van der Waals surface area contributed by atoms with Gasteiger partial charge < -0.3 is 10.5 Å². The summed E-state index contributed by atoms with van der Waals surface area (Å²) in [6.07, 6.45) is 6.95. The van der Waals surface area contributed by atoms with E-state index in [1.54, 1.807) is 18.2 Å². The number of carbonyl (C=O) groups excluding carboxylic acids is 1. The van der Waals surface area contributed by atoms with Crippen molar-refractivity contribution in [3.8, 4) is 5.75 Å². The molecular formula is C32H35ClF2N2O4S. The molecule has 3 aliphatic carbocycles. The number of alkyl halides is 2. The second kappa shape index (κ2) is 11.5. The summed E-state index contributed by atoms with van der Waals surface area (Å²) in [7, 11) is -4.52. The molecule has 3 fully saturated rings. The maximum Gasteiger partial charge on any atom is 0.296 e. The van der Waals surface area contributed by atoms with E-state index in [4.69, 9.17) is 22.1 Å². The zero-order valence-electron chi connectivity index (χ0n) is 23.1. The van der Waals surface area contributed by atoms with Crippen LogP contribution >= 0.6 is 11.6 Å². The number of ketones is 1. The van der Waals surface area contributed by atoms with Crippen LogP contribution in [0, 0.1) is 17.8 Å². The van der Waals surface area contributed by atoms with Crippen molar-refractivity contribution in [3.05, 3.63) is 71.2 Å². The van der Waals surface area contributed by atoms with Crippen molar-refractivity contribution < 1.29 is 26.7 Å². The van der Waals surface area contributed by atoms with Gasteiger partial charge in [0.2, 0.25) is 10.0 Å². The molecular weight excluding hydrogens is 582 g/mol. The Kier molecular flexibility index (Phi) is 8.06. The van der Waals surface area contributed by atoms with Crippen LogP contribution in [0.15, 0.2) is 65.6 Å². The molecule has 0 amide bonds. The van der Waals surface area contributed by atoms with E-state index in [9.17, 15) is 13.2 Å². The first-order valence-corrected chi connectivity index (χ1v) is 16.5. The number of nitrogens with two attached hydrogens (primary N) is 1. The first-order valence-electron chi connectivity index (χ1n) is 14.7. The molecule has 3 aromatic carbocycles. The van der Waals surface area contributed by atoms with E-state index in [-0.39, 0.29) is 33.9 Å². The van der Waals surface area contributed by atoms with Gasteiger partial charge >= 0.3 is 0 Å². The third kappa shape index (κ3) is 5.81. The van der Waals surface area contributed by atoms with E-state index >= 15 is 8.78 Å². The number of hydrogen-bond donors (Lipinski definition) is 2. The molecule has 3 N–H and O–H groups in total. The second-order valence-electron chi connectivity index (χ2n) is 12.1. The first kappa shape index (κ1) is 29.5. The van der Waals surface area contributed by atoms with Crippen molar-refractivity contribution >= 4 is 38.2 Å². The molecule has 10 heteroatoms. The molecule has 0 saturated heterocycles. The van der Waals surface area contributed by atoms with Crippen LogP contribution in [0.25, 0.3) is 10.8 Å². The summed E-state index contributed by atoms with van der Waals surface area (Å²) < 4.78 is 67.7. The monoisotopic (exact) mass is 616 g/mol. The maximum absolute atomic E-state index is 16.1. The van der Waals surface area contributed by atoms with Gasteiger partial charge in [-0.25, -0.2) is 8.42 Å². The molecule has 3 aromatic rings. The number of ether oxygens (including phenoxy) is 1. The molecule has 42 heavy (non-hydrogen) atoms. The molecule has 2 unspecified atom stereocenters. The highest BCUT2D eigenvalue weighted by Crippen LogP contribution is 2.46. The largest absolute Gasteiger partial charge is 0.490 e. The number of rotatable bonds is 9. The van der Waals surface area contributed by atoms with E-state index in [1.165, 1.54) is 24.3 Å². The van der Waals surface area contributed by atoms with Gasteiger partial charge in [0.05, 0.1) is 11.0 Å². The summed E-state index contributed by atoms with van der Waals surface area (Å²) in [5.41, 5.74) is 5.81. The Balaban J connectivity index is 1.29. The summed E-state index contributed by atoms with van der Waals surface area (Å²) >= 11 is 5.92. The van der Waals surface area contributed by atoms with Gasteiger partial charge in [0.1, 0.15) is 11.8 Å². The second-order valence-corrected chi connectivity index (χ2v) is 14.3. The van der Waals surface area contributed by atoms with Crippen LogP contribution in [-0.2, 0) is 20.7 Å². The molecule has 0 radical (unpaired) electrons. The average Bonchev–Trinajstić information content (AvgIpc) is 3.53. The van der Waals surface area contributed by atoms with Crippen LogP contribution in [0.5, 0.6) is 5.75 Å². The smallest absolute Gasteiger partial charge is 0.296 e. The number of sulfonamides is 1. The van der Waals surface area contributed by atoms with E-state index < -0.39 is 39.3 Å². The summed E-state index contributed by atoms with van der Waals surface area (Å²) in [6, 6.07) is 12.3. The summed E-state index contributed by atoms with van der Waals surface area (Å²) in [6.45, 7) is 0. The van der Waals surface area contributed by atoms with Gasteiger partial charge in [0.15, 0.2) is 5.78 Å². The topological polar surface area (TPSA) is 98.5 Å². The normalized spacial score (nSPS) is 25.5. The van der Waals surface area contributed by atoms with Crippen molar-refractivity contribution in [2.45, 2.75) is 80.4 Å². The molecule has 6 nitrogen and oxygen atoms in total. The fourth-order valence-electron chi connectivity index (χ4n) is 7.06. The van der Waals surface area contributed by atoms with E-state index in [0.29, 0.717) is 24.0 Å². The Morgan fingerprint density at radius 3 is 2.21 bits per heavy atom. The molecule has 224 valence electrons. The number of carbonyl (C=O) groups is 1. The maximum atomic E-state index is 16.1. The molecule has 0 aliphatic heterocycles. The minimum Gasteiger partial charge on any atom is -0.490 e. The van der Waals surface area contributed by atoms with Gasteiger partial charge in [-0.15, -0.1) is 0 Å². The van der Waals surface area contributed by atoms with Crippen molar-refractivity contribution in [2.75, 3.05) is 0 Å². The van der Waals surface area contributed by atoms with Gasteiger partial charge in [-0.3, -0.25) is 4.79 Å². The number of Topliss-reactive ketones (excluding diaryl/α,β-unsaturated/α-hetero) is 1. The number of nitrogens with one attached hydrogen (secondary N) is 1. The highest BCUT2D eigenvalue weighted by atomic mass is 35.5. The number of hydrogen-bond acceptors (Lipinski definition) is 5. The Morgan fingerprint density at radius 1 is 0.929 bits per heavy atom. The van der Waals surface area contributed by atoms with E-state index in [0.717, 1.165) is 56.0 Å². The van der Waals surface area contributed by atoms with Crippen molar-refractivity contribution in [3.63, 3.8) is 0 Å². The highest BCUT2D eigenvalue weighted by molar-refractivity contribution is 7.89. The lowest BCUT2D eigenvalue weighted by Crippen LogP contribution is -2.54. The summed E-state index contributed by atoms with van der Waals surface area (Å²) in [4.78, 5) is 13.6. The lowest BCUT2D eigenvalue weighted by atomic mass is 9.74. The van der Waals surface area contributed by atoms with E-state index in [1.807, 2.05) is 6.07 Å². The summed E-state index contributed by atoms with van der Waals surface area (Å²) in [5.74, 6) is -4.49. The molecule has 3 saturated carbocycles. The Morgan fingerprint density at radius 2 is 1.55 bits per heavy atom. The number of benzene rings is 3. The molecule has 3 atom stereocenters. The fourth-order valence-corrected chi connectivity index (χ4v) is 8.42. The van der Waals surface area contributed by atoms with Crippen LogP contribution in [0.3, 0.4) is 0 Å².